The average Bonchev–Trinajstić information content (AvgIpc) is 2.54. The summed E-state index contributed by atoms with van der Waals surface area (Å²) in [7, 11) is 0. The van der Waals surface area contributed by atoms with Crippen molar-refractivity contribution in [2.24, 2.45) is 0 Å². The third-order valence-corrected chi connectivity index (χ3v) is 4.54. The molecule has 0 saturated carbocycles. The van der Waals surface area contributed by atoms with E-state index in [-0.39, 0.29) is 5.91 Å². The number of hydrogen-bond donors (Lipinski definition) is 0. The Balaban J connectivity index is 1.65. The third kappa shape index (κ3) is 3.45. The molecule has 1 saturated heterocycles. The van der Waals surface area contributed by atoms with Gasteiger partial charge in [0.2, 0.25) is 0 Å². The Bertz CT molecular complexity index is 684. The molecule has 1 heterocycles. The second-order valence-corrected chi connectivity index (χ2v) is 6.62. The first-order valence-electron chi connectivity index (χ1n) is 7.19. The zero-order chi connectivity index (χ0) is 15.5. The number of carbonyl (C=O) groups is 1. The molecule has 0 atom stereocenters. The fourth-order valence-electron chi connectivity index (χ4n) is 2.64. The van der Waals surface area contributed by atoms with Gasteiger partial charge >= 0.3 is 0 Å². The number of amides is 1. The molecular formula is C17H16BrClN2O. The molecule has 22 heavy (non-hydrogen) atoms. The van der Waals surface area contributed by atoms with Gasteiger partial charge in [-0.1, -0.05) is 39.7 Å². The van der Waals surface area contributed by atoms with E-state index in [2.05, 4.69) is 26.9 Å². The van der Waals surface area contributed by atoms with Crippen LogP contribution in [0.4, 0.5) is 5.69 Å². The SMILES string of the molecule is O=C(c1cccc(Br)c1)N1CCN(c2cccc(Cl)c2)CC1. The normalized spacial score (nSPS) is 15.0. The van der Waals surface area contributed by atoms with Crippen molar-refractivity contribution in [1.29, 1.82) is 0 Å². The van der Waals surface area contributed by atoms with Crippen LogP contribution >= 0.6 is 27.5 Å². The van der Waals surface area contributed by atoms with Crippen LogP contribution in [0.5, 0.6) is 0 Å². The van der Waals surface area contributed by atoms with Crippen LogP contribution in [0.2, 0.25) is 5.02 Å². The van der Waals surface area contributed by atoms with Gasteiger partial charge in [-0.15, -0.1) is 0 Å². The molecule has 1 aliphatic heterocycles. The average molecular weight is 380 g/mol. The maximum absolute atomic E-state index is 12.5. The van der Waals surface area contributed by atoms with Gasteiger partial charge in [-0.25, -0.2) is 0 Å². The zero-order valence-corrected chi connectivity index (χ0v) is 14.3. The van der Waals surface area contributed by atoms with Crippen molar-refractivity contribution in [3.05, 3.63) is 63.6 Å². The van der Waals surface area contributed by atoms with Gasteiger partial charge in [0.05, 0.1) is 0 Å². The summed E-state index contributed by atoms with van der Waals surface area (Å²) in [6, 6.07) is 15.4. The van der Waals surface area contributed by atoms with Gasteiger partial charge in [-0.2, -0.15) is 0 Å². The Morgan fingerprint density at radius 3 is 2.41 bits per heavy atom. The number of piperazine rings is 1. The zero-order valence-electron chi connectivity index (χ0n) is 12.0. The summed E-state index contributed by atoms with van der Waals surface area (Å²) in [5.74, 6) is 0.0899. The maximum Gasteiger partial charge on any atom is 0.254 e. The third-order valence-electron chi connectivity index (χ3n) is 3.81. The Hall–Kier alpha value is -1.52. The minimum Gasteiger partial charge on any atom is -0.368 e. The van der Waals surface area contributed by atoms with Crippen molar-refractivity contribution in [2.45, 2.75) is 0 Å². The fourth-order valence-corrected chi connectivity index (χ4v) is 3.23. The molecule has 2 aromatic rings. The quantitative estimate of drug-likeness (QED) is 0.785. The molecule has 0 unspecified atom stereocenters. The minimum atomic E-state index is 0.0899. The molecule has 5 heteroatoms. The Labute approximate surface area is 143 Å². The van der Waals surface area contributed by atoms with E-state index < -0.39 is 0 Å². The highest BCUT2D eigenvalue weighted by molar-refractivity contribution is 9.10. The second-order valence-electron chi connectivity index (χ2n) is 5.27. The van der Waals surface area contributed by atoms with Crippen LogP contribution in [0.3, 0.4) is 0 Å². The number of carbonyl (C=O) groups excluding carboxylic acids is 1. The van der Waals surface area contributed by atoms with Crippen LogP contribution in [0, 0.1) is 0 Å². The molecule has 3 nitrogen and oxygen atoms in total. The molecule has 1 fully saturated rings. The van der Waals surface area contributed by atoms with Crippen LogP contribution in [-0.4, -0.2) is 37.0 Å². The van der Waals surface area contributed by atoms with Gasteiger partial charge in [0.15, 0.2) is 0 Å². The van der Waals surface area contributed by atoms with E-state index in [0.717, 1.165) is 46.9 Å². The monoisotopic (exact) mass is 378 g/mol. The molecule has 0 N–H and O–H groups in total. The summed E-state index contributed by atoms with van der Waals surface area (Å²) >= 11 is 9.45. The molecule has 2 aromatic carbocycles. The van der Waals surface area contributed by atoms with Crippen molar-refractivity contribution in [3.63, 3.8) is 0 Å². The lowest BCUT2D eigenvalue weighted by Gasteiger charge is -2.36. The standard InChI is InChI=1S/C17H16BrClN2O/c18-14-4-1-3-13(11-14)17(22)21-9-7-20(8-10-21)16-6-2-5-15(19)12-16/h1-6,11-12H,7-10H2. The lowest BCUT2D eigenvalue weighted by molar-refractivity contribution is 0.0746. The molecule has 0 aromatic heterocycles. The molecule has 114 valence electrons. The number of anilines is 1. The smallest absolute Gasteiger partial charge is 0.254 e. The molecular weight excluding hydrogens is 364 g/mol. The summed E-state index contributed by atoms with van der Waals surface area (Å²) in [5.41, 5.74) is 1.84. The number of rotatable bonds is 2. The van der Waals surface area contributed by atoms with Gasteiger partial charge in [-0.05, 0) is 36.4 Å². The van der Waals surface area contributed by atoms with E-state index in [0.29, 0.717) is 0 Å². The first-order chi connectivity index (χ1) is 10.6. The van der Waals surface area contributed by atoms with Crippen molar-refractivity contribution >= 4 is 39.1 Å². The van der Waals surface area contributed by atoms with Gasteiger partial charge in [0, 0.05) is 46.9 Å². The van der Waals surface area contributed by atoms with E-state index in [1.807, 2.05) is 47.4 Å². The lowest BCUT2D eigenvalue weighted by Crippen LogP contribution is -2.48. The first-order valence-corrected chi connectivity index (χ1v) is 8.36. The molecule has 0 bridgehead atoms. The summed E-state index contributed by atoms with van der Waals surface area (Å²) in [6.07, 6.45) is 0. The molecule has 0 radical (unpaired) electrons. The summed E-state index contributed by atoms with van der Waals surface area (Å²) in [4.78, 5) is 16.7. The van der Waals surface area contributed by atoms with Crippen molar-refractivity contribution in [2.75, 3.05) is 31.1 Å². The Kier molecular flexibility index (Phi) is 4.69. The highest BCUT2D eigenvalue weighted by Gasteiger charge is 2.22. The van der Waals surface area contributed by atoms with Crippen LogP contribution < -0.4 is 4.90 Å². The van der Waals surface area contributed by atoms with Crippen LogP contribution in [0.15, 0.2) is 53.0 Å². The number of benzene rings is 2. The molecule has 0 spiro atoms. The van der Waals surface area contributed by atoms with E-state index in [4.69, 9.17) is 11.6 Å². The summed E-state index contributed by atoms with van der Waals surface area (Å²) in [5, 5.41) is 0.741. The van der Waals surface area contributed by atoms with Crippen LogP contribution in [0.25, 0.3) is 0 Å². The minimum absolute atomic E-state index is 0.0899. The molecule has 1 aliphatic rings. The van der Waals surface area contributed by atoms with E-state index in [1.165, 1.54) is 0 Å². The number of hydrogen-bond acceptors (Lipinski definition) is 2. The van der Waals surface area contributed by atoms with E-state index >= 15 is 0 Å². The number of nitrogens with zero attached hydrogens (tertiary/aromatic N) is 2. The topological polar surface area (TPSA) is 23.6 Å². The number of halogens is 2. The highest BCUT2D eigenvalue weighted by atomic mass is 79.9. The van der Waals surface area contributed by atoms with E-state index in [9.17, 15) is 4.79 Å². The fraction of sp³-hybridized carbons (Fsp3) is 0.235. The largest absolute Gasteiger partial charge is 0.368 e. The molecule has 3 rings (SSSR count). The predicted molar refractivity (Wildman–Crippen MR) is 93.7 cm³/mol. The lowest BCUT2D eigenvalue weighted by atomic mass is 10.1. The Morgan fingerprint density at radius 2 is 1.73 bits per heavy atom. The van der Waals surface area contributed by atoms with Crippen molar-refractivity contribution in [3.8, 4) is 0 Å². The van der Waals surface area contributed by atoms with Crippen LogP contribution in [-0.2, 0) is 0 Å². The van der Waals surface area contributed by atoms with Crippen LogP contribution in [0.1, 0.15) is 10.4 Å². The van der Waals surface area contributed by atoms with Gasteiger partial charge in [0.25, 0.3) is 5.91 Å². The van der Waals surface area contributed by atoms with Gasteiger partial charge in [-0.3, -0.25) is 4.79 Å². The maximum atomic E-state index is 12.5. The van der Waals surface area contributed by atoms with E-state index in [1.54, 1.807) is 0 Å². The summed E-state index contributed by atoms with van der Waals surface area (Å²) in [6.45, 7) is 3.08. The predicted octanol–water partition coefficient (Wildman–Crippen LogP) is 4.06. The first kappa shape index (κ1) is 15.4. The summed E-state index contributed by atoms with van der Waals surface area (Å²) < 4.78 is 0.927. The second kappa shape index (κ2) is 6.71. The van der Waals surface area contributed by atoms with Crippen molar-refractivity contribution < 1.29 is 4.79 Å². The van der Waals surface area contributed by atoms with Gasteiger partial charge in [0.1, 0.15) is 0 Å². The molecule has 0 aliphatic carbocycles. The van der Waals surface area contributed by atoms with Crippen molar-refractivity contribution in [1.82, 2.24) is 4.90 Å². The highest BCUT2D eigenvalue weighted by Crippen LogP contribution is 2.21. The Morgan fingerprint density at radius 1 is 1.00 bits per heavy atom. The van der Waals surface area contributed by atoms with Gasteiger partial charge < -0.3 is 9.80 Å². The molecule has 1 amide bonds.